The number of hydrogen-bond acceptors (Lipinski definition) is 4. The molecule has 0 spiro atoms. The Kier molecular flexibility index (Phi) is 8.80. The minimum atomic E-state index is 0. The number of benzene rings is 2. The van der Waals surface area contributed by atoms with Gasteiger partial charge in [-0.2, -0.15) is 0 Å². The van der Waals surface area contributed by atoms with E-state index >= 15 is 0 Å². The molecule has 1 heterocycles. The number of rotatable bonds is 7. The number of guanidine groups is 1. The minimum absolute atomic E-state index is 0. The number of para-hydroxylation sites is 1. The highest BCUT2D eigenvalue weighted by Gasteiger charge is 2.08. The summed E-state index contributed by atoms with van der Waals surface area (Å²) < 4.78 is 11.1. The molecule has 148 valence electrons. The summed E-state index contributed by atoms with van der Waals surface area (Å²) in [5.74, 6) is 2.32. The summed E-state index contributed by atoms with van der Waals surface area (Å²) in [6, 6.07) is 19.8. The van der Waals surface area contributed by atoms with Gasteiger partial charge in [0.2, 0.25) is 0 Å². The second kappa shape index (κ2) is 11.3. The van der Waals surface area contributed by atoms with Gasteiger partial charge in [0.25, 0.3) is 0 Å². The van der Waals surface area contributed by atoms with E-state index < -0.39 is 0 Å². The first-order valence-electron chi connectivity index (χ1n) is 8.96. The predicted octanol–water partition coefficient (Wildman–Crippen LogP) is 4.22. The molecule has 3 rings (SSSR count). The topological polar surface area (TPSA) is 71.7 Å². The zero-order valence-corrected chi connectivity index (χ0v) is 18.3. The Hall–Kier alpha value is -2.55. The lowest BCUT2D eigenvalue weighted by Gasteiger charge is -2.13. The Balaban J connectivity index is 0.00000280. The van der Waals surface area contributed by atoms with E-state index in [2.05, 4.69) is 20.8 Å². The first kappa shape index (κ1) is 21.7. The Morgan fingerprint density at radius 3 is 2.50 bits per heavy atom. The van der Waals surface area contributed by atoms with Crippen LogP contribution in [0.15, 0.2) is 70.2 Å². The van der Waals surface area contributed by atoms with Crippen LogP contribution in [-0.2, 0) is 13.1 Å². The molecule has 0 unspecified atom stereocenters. The van der Waals surface area contributed by atoms with Crippen molar-refractivity contribution in [2.24, 2.45) is 4.99 Å². The molecule has 1 aromatic heterocycles. The minimum Gasteiger partial charge on any atom is -0.494 e. The highest BCUT2D eigenvalue weighted by Crippen LogP contribution is 2.20. The van der Waals surface area contributed by atoms with Gasteiger partial charge in [-0.3, -0.25) is 4.99 Å². The highest BCUT2D eigenvalue weighted by molar-refractivity contribution is 14.0. The van der Waals surface area contributed by atoms with Gasteiger partial charge in [0.1, 0.15) is 11.4 Å². The number of halogens is 1. The van der Waals surface area contributed by atoms with E-state index in [0.29, 0.717) is 25.7 Å². The Morgan fingerprint density at radius 1 is 1.04 bits per heavy atom. The zero-order chi connectivity index (χ0) is 18.9. The molecule has 0 aliphatic heterocycles. The molecule has 6 nitrogen and oxygen atoms in total. The van der Waals surface area contributed by atoms with Gasteiger partial charge in [0.15, 0.2) is 11.7 Å². The van der Waals surface area contributed by atoms with Crippen molar-refractivity contribution < 1.29 is 9.26 Å². The normalized spacial score (nSPS) is 10.9. The number of nitrogens with one attached hydrogen (secondary N) is 2. The molecule has 0 amide bonds. The molecule has 28 heavy (non-hydrogen) atoms. The maximum absolute atomic E-state index is 5.65. The Labute approximate surface area is 182 Å². The largest absolute Gasteiger partial charge is 0.494 e. The molecule has 0 aliphatic carbocycles. The summed E-state index contributed by atoms with van der Waals surface area (Å²) in [4.78, 5) is 4.25. The van der Waals surface area contributed by atoms with Crippen molar-refractivity contribution in [3.8, 4) is 17.1 Å². The molecule has 2 N–H and O–H groups in total. The Morgan fingerprint density at radius 2 is 1.75 bits per heavy atom. The fourth-order valence-corrected chi connectivity index (χ4v) is 2.65. The molecule has 7 heteroatoms. The van der Waals surface area contributed by atoms with Gasteiger partial charge < -0.3 is 19.9 Å². The molecule has 0 atom stereocenters. The molecular formula is C21H25IN4O2. The fraction of sp³-hybridized carbons (Fsp3) is 0.238. The van der Waals surface area contributed by atoms with E-state index in [1.807, 2.05) is 67.6 Å². The second-order valence-electron chi connectivity index (χ2n) is 5.87. The number of hydrogen-bond donors (Lipinski definition) is 2. The van der Waals surface area contributed by atoms with Crippen LogP contribution in [0.3, 0.4) is 0 Å². The monoisotopic (exact) mass is 492 g/mol. The van der Waals surface area contributed by atoms with Gasteiger partial charge in [-0.25, -0.2) is 0 Å². The van der Waals surface area contributed by atoms with E-state index in [4.69, 9.17) is 9.26 Å². The first-order chi connectivity index (χ1) is 13.3. The van der Waals surface area contributed by atoms with E-state index in [1.54, 1.807) is 7.05 Å². The molecule has 0 bridgehead atoms. The zero-order valence-electron chi connectivity index (χ0n) is 16.0. The number of nitrogens with zero attached hydrogens (tertiary/aromatic N) is 2. The van der Waals surface area contributed by atoms with Crippen LogP contribution in [0, 0.1) is 0 Å². The molecule has 0 saturated heterocycles. The molecule has 0 aliphatic rings. The first-order valence-corrected chi connectivity index (χ1v) is 8.96. The van der Waals surface area contributed by atoms with Crippen LogP contribution in [0.2, 0.25) is 0 Å². The van der Waals surface area contributed by atoms with Crippen molar-refractivity contribution in [1.82, 2.24) is 15.8 Å². The molecule has 0 fully saturated rings. The average molecular weight is 492 g/mol. The average Bonchev–Trinajstić information content (AvgIpc) is 3.19. The van der Waals surface area contributed by atoms with E-state index in [9.17, 15) is 0 Å². The quantitative estimate of drug-likeness (QED) is 0.294. The van der Waals surface area contributed by atoms with Crippen molar-refractivity contribution in [2.75, 3.05) is 13.7 Å². The number of aliphatic imine (C=N–C) groups is 1. The van der Waals surface area contributed by atoms with Gasteiger partial charge in [-0.05, 0) is 13.0 Å². The van der Waals surface area contributed by atoms with Crippen LogP contribution in [0.4, 0.5) is 0 Å². The maximum atomic E-state index is 5.65. The van der Waals surface area contributed by atoms with Crippen molar-refractivity contribution in [3.05, 3.63) is 71.9 Å². The predicted molar refractivity (Wildman–Crippen MR) is 122 cm³/mol. The van der Waals surface area contributed by atoms with Gasteiger partial charge in [-0.1, -0.05) is 53.7 Å². The van der Waals surface area contributed by atoms with Gasteiger partial charge in [0.05, 0.1) is 13.2 Å². The lowest BCUT2D eigenvalue weighted by atomic mass is 10.2. The standard InChI is InChI=1S/C21H24N4O2.HI/c1-3-26-19-12-8-7-11-17(19)14-23-21(22-2)24-15-18-13-20(27-25-18)16-9-5-4-6-10-16;/h4-13H,3,14-15H2,1-2H3,(H2,22,23,24);1H. The third-order valence-electron chi connectivity index (χ3n) is 4.00. The summed E-state index contributed by atoms with van der Waals surface area (Å²) >= 11 is 0. The summed E-state index contributed by atoms with van der Waals surface area (Å²) in [6.45, 7) is 3.75. The smallest absolute Gasteiger partial charge is 0.191 e. The van der Waals surface area contributed by atoms with Crippen molar-refractivity contribution >= 4 is 29.9 Å². The van der Waals surface area contributed by atoms with Crippen LogP contribution in [0.25, 0.3) is 11.3 Å². The fourth-order valence-electron chi connectivity index (χ4n) is 2.65. The van der Waals surface area contributed by atoms with Crippen molar-refractivity contribution in [1.29, 1.82) is 0 Å². The van der Waals surface area contributed by atoms with Gasteiger partial charge in [-0.15, -0.1) is 24.0 Å². The van der Waals surface area contributed by atoms with Gasteiger partial charge in [0, 0.05) is 30.8 Å². The lowest BCUT2D eigenvalue weighted by molar-refractivity contribution is 0.336. The SMILES string of the molecule is CCOc1ccccc1CNC(=NC)NCc1cc(-c2ccccc2)on1.I. The highest BCUT2D eigenvalue weighted by atomic mass is 127. The Bertz CT molecular complexity index is 881. The van der Waals surface area contributed by atoms with Crippen LogP contribution in [0.5, 0.6) is 5.75 Å². The van der Waals surface area contributed by atoms with Crippen LogP contribution < -0.4 is 15.4 Å². The van der Waals surface area contributed by atoms with Crippen molar-refractivity contribution in [3.63, 3.8) is 0 Å². The summed E-state index contributed by atoms with van der Waals surface area (Å²) in [7, 11) is 1.74. The number of ether oxygens (including phenoxy) is 1. The second-order valence-corrected chi connectivity index (χ2v) is 5.87. The number of aromatic nitrogens is 1. The van der Waals surface area contributed by atoms with Crippen LogP contribution in [0.1, 0.15) is 18.2 Å². The van der Waals surface area contributed by atoms with Crippen molar-refractivity contribution in [2.45, 2.75) is 20.0 Å². The lowest BCUT2D eigenvalue weighted by Crippen LogP contribution is -2.36. The third-order valence-corrected chi connectivity index (χ3v) is 4.00. The van der Waals surface area contributed by atoms with E-state index in [-0.39, 0.29) is 24.0 Å². The van der Waals surface area contributed by atoms with E-state index in [0.717, 1.165) is 28.3 Å². The molecule has 2 aromatic carbocycles. The van der Waals surface area contributed by atoms with E-state index in [1.165, 1.54) is 0 Å². The summed E-state index contributed by atoms with van der Waals surface area (Å²) in [6.07, 6.45) is 0. The van der Waals surface area contributed by atoms with Gasteiger partial charge >= 0.3 is 0 Å². The van der Waals surface area contributed by atoms with Crippen LogP contribution >= 0.6 is 24.0 Å². The molecule has 0 radical (unpaired) electrons. The maximum Gasteiger partial charge on any atom is 0.191 e. The van der Waals surface area contributed by atoms with Crippen LogP contribution in [-0.4, -0.2) is 24.8 Å². The molecule has 3 aromatic rings. The molecule has 0 saturated carbocycles. The summed E-state index contributed by atoms with van der Waals surface area (Å²) in [5, 5.41) is 10.7. The summed E-state index contributed by atoms with van der Waals surface area (Å²) in [5.41, 5.74) is 2.90. The molecular weight excluding hydrogens is 467 g/mol. The third kappa shape index (κ3) is 5.98.